The second kappa shape index (κ2) is 11.2. The van der Waals surface area contributed by atoms with Crippen molar-refractivity contribution in [2.75, 3.05) is 13.7 Å². The van der Waals surface area contributed by atoms with E-state index in [0.717, 1.165) is 16.7 Å². The van der Waals surface area contributed by atoms with Crippen LogP contribution in [-0.2, 0) is 38.8 Å². The minimum absolute atomic E-state index is 0.107. The summed E-state index contributed by atoms with van der Waals surface area (Å²) in [6.45, 7) is 2.64. The lowest BCUT2D eigenvalue weighted by molar-refractivity contribution is -0.129. The van der Waals surface area contributed by atoms with E-state index in [0.29, 0.717) is 19.8 Å². The molecule has 7 heteroatoms. The molecule has 2 rings (SSSR count). The first-order valence-electron chi connectivity index (χ1n) is 8.91. The summed E-state index contributed by atoms with van der Waals surface area (Å²) in [6, 6.07) is 13.1. The second-order valence-electron chi connectivity index (χ2n) is 6.36. The Kier molecular flexibility index (Phi) is 8.58. The van der Waals surface area contributed by atoms with Gasteiger partial charge in [0.25, 0.3) is 0 Å². The van der Waals surface area contributed by atoms with Crippen molar-refractivity contribution in [3.8, 4) is 0 Å². The van der Waals surface area contributed by atoms with Gasteiger partial charge in [-0.1, -0.05) is 36.4 Å². The molecule has 0 aromatic heterocycles. The van der Waals surface area contributed by atoms with Gasteiger partial charge in [-0.2, -0.15) is 0 Å². The second-order valence-corrected chi connectivity index (χ2v) is 6.36. The molecular weight excluding hydrogens is 363 g/mol. The van der Waals surface area contributed by atoms with Crippen LogP contribution in [0.25, 0.3) is 0 Å². The van der Waals surface area contributed by atoms with Crippen molar-refractivity contribution < 1.29 is 23.5 Å². The Balaban J connectivity index is 1.77. The third-order valence-corrected chi connectivity index (χ3v) is 3.97. The third-order valence-electron chi connectivity index (χ3n) is 3.97. The van der Waals surface area contributed by atoms with Crippen LogP contribution in [-0.4, -0.2) is 31.6 Å². The van der Waals surface area contributed by atoms with E-state index in [1.807, 2.05) is 24.3 Å². The highest BCUT2D eigenvalue weighted by molar-refractivity contribution is 5.86. The molecule has 0 aliphatic carbocycles. The van der Waals surface area contributed by atoms with Crippen LogP contribution < -0.4 is 10.6 Å². The molecule has 28 heavy (non-hydrogen) atoms. The summed E-state index contributed by atoms with van der Waals surface area (Å²) in [5.74, 6) is -0.858. The summed E-state index contributed by atoms with van der Waals surface area (Å²) in [7, 11) is 1.47. The topological polar surface area (TPSA) is 76.7 Å². The maximum absolute atomic E-state index is 12.9. The standard InChI is InChI=1S/C21H25FN2O4/c1-15(25)24-20(14-27-2)21(26)23-11-16-3-5-17(6-4-16)12-28-13-18-7-9-19(22)10-8-18/h3-10,20H,11-14H2,1-2H3,(H,23,26)(H,24,25)/t20-/m1/s1. The maximum Gasteiger partial charge on any atom is 0.245 e. The van der Waals surface area contributed by atoms with Gasteiger partial charge in [-0.15, -0.1) is 0 Å². The Hall–Kier alpha value is -2.77. The van der Waals surface area contributed by atoms with E-state index < -0.39 is 6.04 Å². The number of halogens is 1. The summed E-state index contributed by atoms with van der Waals surface area (Å²) >= 11 is 0. The summed E-state index contributed by atoms with van der Waals surface area (Å²) in [5, 5.41) is 5.33. The van der Waals surface area contributed by atoms with Crippen LogP contribution >= 0.6 is 0 Å². The molecule has 150 valence electrons. The van der Waals surface area contributed by atoms with Gasteiger partial charge in [0.2, 0.25) is 11.8 Å². The minimum atomic E-state index is -0.721. The average Bonchev–Trinajstić information content (AvgIpc) is 2.68. The Morgan fingerprint density at radius 2 is 1.50 bits per heavy atom. The molecule has 0 unspecified atom stereocenters. The predicted molar refractivity (Wildman–Crippen MR) is 103 cm³/mol. The molecule has 6 nitrogen and oxygen atoms in total. The molecule has 0 heterocycles. The predicted octanol–water partition coefficient (Wildman–Crippen LogP) is 2.31. The third kappa shape index (κ3) is 7.46. The number of hydrogen-bond donors (Lipinski definition) is 2. The molecule has 0 spiro atoms. The zero-order valence-corrected chi connectivity index (χ0v) is 16.0. The molecule has 2 aromatic rings. The maximum atomic E-state index is 12.9. The van der Waals surface area contributed by atoms with Crippen molar-refractivity contribution >= 4 is 11.8 Å². The summed E-state index contributed by atoms with van der Waals surface area (Å²) < 4.78 is 23.5. The lowest BCUT2D eigenvalue weighted by Crippen LogP contribution is -2.48. The average molecular weight is 388 g/mol. The summed E-state index contributed by atoms with van der Waals surface area (Å²) in [4.78, 5) is 23.3. The zero-order chi connectivity index (χ0) is 20.4. The lowest BCUT2D eigenvalue weighted by atomic mass is 10.1. The first-order chi connectivity index (χ1) is 13.5. The van der Waals surface area contributed by atoms with E-state index in [2.05, 4.69) is 10.6 Å². The number of rotatable bonds is 10. The molecule has 2 N–H and O–H groups in total. The zero-order valence-electron chi connectivity index (χ0n) is 16.0. The smallest absolute Gasteiger partial charge is 0.245 e. The number of ether oxygens (including phenoxy) is 2. The molecular formula is C21H25FN2O4. The van der Waals surface area contributed by atoms with Gasteiger partial charge in [0.15, 0.2) is 0 Å². The summed E-state index contributed by atoms with van der Waals surface area (Å²) in [6.07, 6.45) is 0. The lowest BCUT2D eigenvalue weighted by Gasteiger charge is -2.16. The normalized spacial score (nSPS) is 11.7. The van der Waals surface area contributed by atoms with Crippen molar-refractivity contribution in [2.24, 2.45) is 0 Å². The van der Waals surface area contributed by atoms with Gasteiger partial charge in [0, 0.05) is 20.6 Å². The molecule has 0 radical (unpaired) electrons. The number of nitrogens with one attached hydrogen (secondary N) is 2. The Labute approximate surface area is 164 Å². The molecule has 0 aliphatic heterocycles. The van der Waals surface area contributed by atoms with Crippen LogP contribution in [0.2, 0.25) is 0 Å². The fourth-order valence-corrected chi connectivity index (χ4v) is 2.53. The highest BCUT2D eigenvalue weighted by Gasteiger charge is 2.18. The largest absolute Gasteiger partial charge is 0.382 e. The Bertz CT molecular complexity index is 763. The van der Waals surface area contributed by atoms with Gasteiger partial charge in [-0.3, -0.25) is 9.59 Å². The van der Waals surface area contributed by atoms with Crippen molar-refractivity contribution in [2.45, 2.75) is 32.7 Å². The van der Waals surface area contributed by atoms with Crippen LogP contribution in [0.4, 0.5) is 4.39 Å². The SMILES string of the molecule is COC[C@@H](NC(C)=O)C(=O)NCc1ccc(COCc2ccc(F)cc2)cc1. The highest BCUT2D eigenvalue weighted by atomic mass is 19.1. The van der Waals surface area contributed by atoms with E-state index in [-0.39, 0.29) is 24.2 Å². The quantitative estimate of drug-likeness (QED) is 0.655. The molecule has 2 amide bonds. The van der Waals surface area contributed by atoms with Gasteiger partial charge < -0.3 is 20.1 Å². The number of hydrogen-bond acceptors (Lipinski definition) is 4. The van der Waals surface area contributed by atoms with Gasteiger partial charge in [0.05, 0.1) is 19.8 Å². The van der Waals surface area contributed by atoms with Crippen LogP contribution in [0, 0.1) is 5.82 Å². The van der Waals surface area contributed by atoms with Crippen LogP contribution in [0.3, 0.4) is 0 Å². The highest BCUT2D eigenvalue weighted by Crippen LogP contribution is 2.09. The van der Waals surface area contributed by atoms with Crippen LogP contribution in [0.5, 0.6) is 0 Å². The molecule has 0 saturated carbocycles. The molecule has 0 bridgehead atoms. The minimum Gasteiger partial charge on any atom is -0.382 e. The van der Waals surface area contributed by atoms with Gasteiger partial charge in [0.1, 0.15) is 11.9 Å². The van der Waals surface area contributed by atoms with Crippen LogP contribution in [0.1, 0.15) is 23.6 Å². The molecule has 0 aliphatic rings. The van der Waals surface area contributed by atoms with Gasteiger partial charge in [-0.05, 0) is 28.8 Å². The van der Waals surface area contributed by atoms with E-state index in [4.69, 9.17) is 9.47 Å². The number of methoxy groups -OCH3 is 1. The number of carbonyl (C=O) groups is 2. The number of benzene rings is 2. The monoisotopic (exact) mass is 388 g/mol. The Morgan fingerprint density at radius 1 is 0.964 bits per heavy atom. The molecule has 2 aromatic carbocycles. The van der Waals surface area contributed by atoms with E-state index in [1.54, 1.807) is 12.1 Å². The molecule has 1 atom stereocenters. The van der Waals surface area contributed by atoms with Crippen molar-refractivity contribution in [1.29, 1.82) is 0 Å². The van der Waals surface area contributed by atoms with E-state index in [1.165, 1.54) is 26.2 Å². The van der Waals surface area contributed by atoms with Crippen molar-refractivity contribution in [3.63, 3.8) is 0 Å². The molecule has 0 fully saturated rings. The fraction of sp³-hybridized carbons (Fsp3) is 0.333. The van der Waals surface area contributed by atoms with Crippen molar-refractivity contribution in [3.05, 3.63) is 71.0 Å². The fourth-order valence-electron chi connectivity index (χ4n) is 2.53. The first-order valence-corrected chi connectivity index (χ1v) is 8.91. The Morgan fingerprint density at radius 3 is 2.04 bits per heavy atom. The number of amides is 2. The van der Waals surface area contributed by atoms with E-state index >= 15 is 0 Å². The van der Waals surface area contributed by atoms with Gasteiger partial charge >= 0.3 is 0 Å². The van der Waals surface area contributed by atoms with E-state index in [9.17, 15) is 14.0 Å². The van der Waals surface area contributed by atoms with Gasteiger partial charge in [-0.25, -0.2) is 4.39 Å². The number of carbonyl (C=O) groups excluding carboxylic acids is 2. The summed E-state index contributed by atoms with van der Waals surface area (Å²) in [5.41, 5.74) is 2.83. The van der Waals surface area contributed by atoms with Crippen molar-refractivity contribution in [1.82, 2.24) is 10.6 Å². The van der Waals surface area contributed by atoms with Crippen LogP contribution in [0.15, 0.2) is 48.5 Å². The first kappa shape index (κ1) is 21.5. The molecule has 0 saturated heterocycles.